The maximum Gasteiger partial charge on any atom is 0.0898 e. The molecule has 1 aliphatic heterocycles. The Labute approximate surface area is 105 Å². The van der Waals surface area contributed by atoms with Gasteiger partial charge in [0.1, 0.15) is 0 Å². The van der Waals surface area contributed by atoms with Gasteiger partial charge in [0.25, 0.3) is 0 Å². The second kappa shape index (κ2) is 6.69. The van der Waals surface area contributed by atoms with E-state index in [1.165, 1.54) is 0 Å². The number of rotatable bonds is 6. The van der Waals surface area contributed by atoms with Crippen LogP contribution in [0.4, 0.5) is 0 Å². The molecule has 1 saturated heterocycles. The minimum absolute atomic E-state index is 0.189. The third-order valence-corrected chi connectivity index (χ3v) is 3.06. The van der Waals surface area contributed by atoms with Gasteiger partial charge in [-0.25, -0.2) is 0 Å². The van der Waals surface area contributed by atoms with E-state index in [0.717, 1.165) is 19.6 Å². The largest absolute Gasteiger partial charge is 0.389 e. The molecule has 1 fully saturated rings. The Kier molecular flexibility index (Phi) is 5.86. The van der Waals surface area contributed by atoms with Crippen LogP contribution in [0.3, 0.4) is 0 Å². The van der Waals surface area contributed by atoms with Crippen molar-refractivity contribution in [3.63, 3.8) is 0 Å². The van der Waals surface area contributed by atoms with Crippen molar-refractivity contribution >= 4 is 0 Å². The van der Waals surface area contributed by atoms with Gasteiger partial charge in [-0.3, -0.25) is 0 Å². The van der Waals surface area contributed by atoms with Crippen LogP contribution in [-0.2, 0) is 9.47 Å². The zero-order chi connectivity index (χ0) is 12.9. The summed E-state index contributed by atoms with van der Waals surface area (Å²) in [5, 5.41) is 13.1. The minimum atomic E-state index is -0.445. The van der Waals surface area contributed by atoms with Crippen LogP contribution in [0, 0.1) is 5.92 Å². The highest BCUT2D eigenvalue weighted by atomic mass is 16.5. The third-order valence-electron chi connectivity index (χ3n) is 3.06. The van der Waals surface area contributed by atoms with Gasteiger partial charge in [0.05, 0.1) is 24.9 Å². The molecule has 17 heavy (non-hydrogen) atoms. The van der Waals surface area contributed by atoms with Crippen LogP contribution < -0.4 is 5.32 Å². The average Bonchev–Trinajstić information content (AvgIpc) is 2.75. The van der Waals surface area contributed by atoms with E-state index in [1.54, 1.807) is 0 Å². The van der Waals surface area contributed by atoms with Gasteiger partial charge in [-0.2, -0.15) is 0 Å². The molecule has 0 aromatic heterocycles. The molecule has 0 spiro atoms. The second-order valence-corrected chi connectivity index (χ2v) is 5.90. The van der Waals surface area contributed by atoms with Crippen molar-refractivity contribution in [3.05, 3.63) is 0 Å². The predicted molar refractivity (Wildman–Crippen MR) is 68.1 cm³/mol. The summed E-state index contributed by atoms with van der Waals surface area (Å²) in [6, 6.07) is 0.391. The Morgan fingerprint density at radius 3 is 2.71 bits per heavy atom. The summed E-state index contributed by atoms with van der Waals surface area (Å²) in [6.45, 7) is 10.8. The highest BCUT2D eigenvalue weighted by molar-refractivity contribution is 4.76. The number of hydrogen-bond acceptors (Lipinski definition) is 4. The molecule has 0 aromatic rings. The summed E-state index contributed by atoms with van der Waals surface area (Å²) in [7, 11) is 0. The lowest BCUT2D eigenvalue weighted by atomic mass is 10.0. The highest BCUT2D eigenvalue weighted by Crippen LogP contribution is 2.16. The van der Waals surface area contributed by atoms with Gasteiger partial charge in [0, 0.05) is 19.2 Å². The van der Waals surface area contributed by atoms with Gasteiger partial charge in [-0.1, -0.05) is 0 Å². The van der Waals surface area contributed by atoms with E-state index in [-0.39, 0.29) is 5.60 Å². The average molecular weight is 245 g/mol. The summed E-state index contributed by atoms with van der Waals surface area (Å²) in [4.78, 5) is 0. The lowest BCUT2D eigenvalue weighted by Crippen LogP contribution is -2.41. The maximum atomic E-state index is 9.79. The molecule has 1 aliphatic rings. The molecule has 1 heterocycles. The van der Waals surface area contributed by atoms with Gasteiger partial charge in [-0.05, 0) is 40.0 Å². The van der Waals surface area contributed by atoms with E-state index in [2.05, 4.69) is 12.2 Å². The molecule has 0 saturated carbocycles. The third kappa shape index (κ3) is 6.36. The van der Waals surface area contributed by atoms with Gasteiger partial charge in [0.15, 0.2) is 0 Å². The number of hydrogen-bond donors (Lipinski definition) is 2. The molecule has 4 nitrogen and oxygen atoms in total. The monoisotopic (exact) mass is 245 g/mol. The van der Waals surface area contributed by atoms with Crippen LogP contribution in [0.5, 0.6) is 0 Å². The minimum Gasteiger partial charge on any atom is -0.389 e. The van der Waals surface area contributed by atoms with Crippen molar-refractivity contribution in [3.8, 4) is 0 Å². The van der Waals surface area contributed by atoms with Crippen LogP contribution in [0.25, 0.3) is 0 Å². The Bertz CT molecular complexity index is 209. The highest BCUT2D eigenvalue weighted by Gasteiger charge is 2.22. The molecule has 0 radical (unpaired) electrons. The van der Waals surface area contributed by atoms with Crippen molar-refractivity contribution in [2.45, 2.75) is 51.9 Å². The van der Waals surface area contributed by atoms with Crippen LogP contribution in [0.15, 0.2) is 0 Å². The molecule has 3 unspecified atom stereocenters. The quantitative estimate of drug-likeness (QED) is 0.738. The number of aliphatic hydroxyl groups excluding tert-OH is 1. The SMILES string of the molecule is CC(NCC(O)COC(C)(C)C)C1CCOC1. The predicted octanol–water partition coefficient (Wildman–Crippen LogP) is 1.18. The van der Waals surface area contributed by atoms with E-state index in [4.69, 9.17) is 9.47 Å². The Hall–Kier alpha value is -0.160. The van der Waals surface area contributed by atoms with Crippen LogP contribution in [0.2, 0.25) is 0 Å². The number of aliphatic hydroxyl groups is 1. The molecule has 1 rings (SSSR count). The topological polar surface area (TPSA) is 50.7 Å². The first kappa shape index (κ1) is 14.9. The van der Waals surface area contributed by atoms with Crippen LogP contribution in [0.1, 0.15) is 34.1 Å². The molecule has 3 atom stereocenters. The van der Waals surface area contributed by atoms with Gasteiger partial charge >= 0.3 is 0 Å². The normalized spacial score (nSPS) is 24.9. The van der Waals surface area contributed by atoms with Gasteiger partial charge < -0.3 is 19.9 Å². The molecule has 0 bridgehead atoms. The fourth-order valence-corrected chi connectivity index (χ4v) is 1.84. The van der Waals surface area contributed by atoms with Crippen molar-refractivity contribution in [2.24, 2.45) is 5.92 Å². The summed E-state index contributed by atoms with van der Waals surface area (Å²) in [5.74, 6) is 0.575. The molecular weight excluding hydrogens is 218 g/mol. The molecule has 0 aliphatic carbocycles. The lowest BCUT2D eigenvalue weighted by Gasteiger charge is -2.24. The van der Waals surface area contributed by atoms with Crippen molar-refractivity contribution < 1.29 is 14.6 Å². The first-order valence-electron chi connectivity index (χ1n) is 6.51. The first-order chi connectivity index (χ1) is 7.88. The fraction of sp³-hybridized carbons (Fsp3) is 1.00. The number of nitrogens with one attached hydrogen (secondary N) is 1. The summed E-state index contributed by atoms with van der Waals surface area (Å²) >= 11 is 0. The molecule has 0 amide bonds. The second-order valence-electron chi connectivity index (χ2n) is 5.90. The molecule has 0 aromatic carbocycles. The summed E-state index contributed by atoms with van der Waals surface area (Å²) < 4.78 is 10.9. The van der Waals surface area contributed by atoms with Gasteiger partial charge in [0.2, 0.25) is 0 Å². The Morgan fingerprint density at radius 2 is 2.18 bits per heavy atom. The Morgan fingerprint density at radius 1 is 1.47 bits per heavy atom. The van der Waals surface area contributed by atoms with E-state index < -0.39 is 6.10 Å². The van der Waals surface area contributed by atoms with Crippen molar-refractivity contribution in [2.75, 3.05) is 26.4 Å². The van der Waals surface area contributed by atoms with Crippen molar-refractivity contribution in [1.82, 2.24) is 5.32 Å². The van der Waals surface area contributed by atoms with E-state index in [9.17, 15) is 5.11 Å². The number of ether oxygens (including phenoxy) is 2. The fourth-order valence-electron chi connectivity index (χ4n) is 1.84. The van der Waals surface area contributed by atoms with Gasteiger partial charge in [-0.15, -0.1) is 0 Å². The Balaban J connectivity index is 2.12. The van der Waals surface area contributed by atoms with E-state index >= 15 is 0 Å². The van der Waals surface area contributed by atoms with Crippen LogP contribution >= 0.6 is 0 Å². The zero-order valence-corrected chi connectivity index (χ0v) is 11.5. The van der Waals surface area contributed by atoms with E-state index in [0.29, 0.717) is 25.1 Å². The standard InChI is InChI=1S/C13H27NO3/c1-10(11-5-6-16-8-11)14-7-12(15)9-17-13(2,3)4/h10-12,14-15H,5-9H2,1-4H3. The summed E-state index contributed by atoms with van der Waals surface area (Å²) in [5.41, 5.74) is -0.189. The molecule has 2 N–H and O–H groups in total. The van der Waals surface area contributed by atoms with Crippen molar-refractivity contribution in [1.29, 1.82) is 0 Å². The first-order valence-corrected chi connectivity index (χ1v) is 6.51. The summed E-state index contributed by atoms with van der Waals surface area (Å²) in [6.07, 6.45) is 0.668. The molecule has 102 valence electrons. The molecule has 4 heteroatoms. The zero-order valence-electron chi connectivity index (χ0n) is 11.5. The smallest absolute Gasteiger partial charge is 0.0898 e. The lowest BCUT2D eigenvalue weighted by molar-refractivity contribution is -0.0485. The maximum absolute atomic E-state index is 9.79. The van der Waals surface area contributed by atoms with E-state index in [1.807, 2.05) is 20.8 Å². The van der Waals surface area contributed by atoms with Crippen LogP contribution in [-0.4, -0.2) is 49.2 Å². The molecular formula is C13H27NO3.